The highest BCUT2D eigenvalue weighted by Crippen LogP contribution is 2.13. The summed E-state index contributed by atoms with van der Waals surface area (Å²) in [6.45, 7) is 9.70. The van der Waals surface area contributed by atoms with Crippen LogP contribution in [0, 0.1) is 0 Å². The fraction of sp³-hybridized carbons (Fsp3) is 0.938. The summed E-state index contributed by atoms with van der Waals surface area (Å²) in [7, 11) is 1.39. The van der Waals surface area contributed by atoms with Gasteiger partial charge in [-0.05, 0) is 58.7 Å². The second-order valence-electron chi connectivity index (χ2n) is 5.91. The van der Waals surface area contributed by atoms with Gasteiger partial charge in [0.15, 0.2) is 0 Å². The van der Waals surface area contributed by atoms with E-state index in [-0.39, 0.29) is 5.97 Å². The van der Waals surface area contributed by atoms with Crippen LogP contribution in [0.15, 0.2) is 0 Å². The maximum atomic E-state index is 11.5. The van der Waals surface area contributed by atoms with Gasteiger partial charge in [0.25, 0.3) is 0 Å². The molecule has 0 bridgehead atoms. The predicted octanol–water partition coefficient (Wildman–Crippen LogP) is 2.95. The predicted molar refractivity (Wildman–Crippen MR) is 84.7 cm³/mol. The van der Waals surface area contributed by atoms with Crippen LogP contribution >= 0.6 is 0 Å². The molecule has 4 heteroatoms. The van der Waals surface area contributed by atoms with Crippen molar-refractivity contribution in [2.45, 2.75) is 71.3 Å². The van der Waals surface area contributed by atoms with Crippen molar-refractivity contribution < 1.29 is 9.53 Å². The molecule has 1 unspecified atom stereocenters. The van der Waals surface area contributed by atoms with Crippen molar-refractivity contribution in [2.24, 2.45) is 5.73 Å². The Hall–Kier alpha value is -0.610. The van der Waals surface area contributed by atoms with Crippen molar-refractivity contribution >= 4 is 5.97 Å². The summed E-state index contributed by atoms with van der Waals surface area (Å²) in [5, 5.41) is 0. The monoisotopic (exact) mass is 286 g/mol. The number of nitrogens with two attached hydrogens (primary N) is 1. The minimum atomic E-state index is -0.841. The van der Waals surface area contributed by atoms with Gasteiger partial charge in [0.05, 0.1) is 7.11 Å². The molecule has 0 saturated heterocycles. The van der Waals surface area contributed by atoms with Crippen LogP contribution in [-0.2, 0) is 9.53 Å². The first kappa shape index (κ1) is 19.4. The topological polar surface area (TPSA) is 55.6 Å². The third-order valence-corrected chi connectivity index (χ3v) is 3.73. The summed E-state index contributed by atoms with van der Waals surface area (Å²) >= 11 is 0. The van der Waals surface area contributed by atoms with E-state index in [4.69, 9.17) is 10.5 Å². The van der Waals surface area contributed by atoms with Crippen LogP contribution in [0.1, 0.15) is 65.7 Å². The smallest absolute Gasteiger partial charge is 0.325 e. The van der Waals surface area contributed by atoms with Crippen LogP contribution in [0.3, 0.4) is 0 Å². The second kappa shape index (κ2) is 11.1. The highest BCUT2D eigenvalue weighted by Gasteiger charge is 2.28. The van der Waals surface area contributed by atoms with Gasteiger partial charge in [0.1, 0.15) is 5.54 Å². The molecule has 0 aromatic heterocycles. The third-order valence-electron chi connectivity index (χ3n) is 3.73. The van der Waals surface area contributed by atoms with Crippen LogP contribution in [0.25, 0.3) is 0 Å². The molecule has 0 aliphatic carbocycles. The normalized spacial score (nSPS) is 14.3. The Morgan fingerprint density at radius 2 is 1.55 bits per heavy atom. The number of rotatable bonds is 12. The molecular formula is C16H34N2O2. The fourth-order valence-electron chi connectivity index (χ4n) is 2.26. The molecule has 0 spiro atoms. The van der Waals surface area contributed by atoms with E-state index in [2.05, 4.69) is 18.7 Å². The summed E-state index contributed by atoms with van der Waals surface area (Å²) in [5.74, 6) is -0.314. The molecule has 0 fully saturated rings. The average molecular weight is 286 g/mol. The number of nitrogens with zero attached hydrogens (tertiary/aromatic N) is 1. The Morgan fingerprint density at radius 1 is 1.05 bits per heavy atom. The molecule has 0 aliphatic heterocycles. The molecule has 0 rings (SSSR count). The molecule has 20 heavy (non-hydrogen) atoms. The molecule has 0 amide bonds. The summed E-state index contributed by atoms with van der Waals surface area (Å²) < 4.78 is 4.73. The number of carbonyl (C=O) groups is 1. The molecule has 0 aromatic carbocycles. The summed E-state index contributed by atoms with van der Waals surface area (Å²) in [5.41, 5.74) is 5.12. The Labute approximate surface area is 125 Å². The van der Waals surface area contributed by atoms with E-state index >= 15 is 0 Å². The first-order valence-electron chi connectivity index (χ1n) is 8.07. The molecule has 0 aliphatic rings. The SMILES string of the molecule is CCCCN(CCCC)CCCCC(C)(N)C(=O)OC. The van der Waals surface area contributed by atoms with Gasteiger partial charge < -0.3 is 15.4 Å². The maximum absolute atomic E-state index is 11.5. The highest BCUT2D eigenvalue weighted by molar-refractivity contribution is 5.79. The van der Waals surface area contributed by atoms with Crippen molar-refractivity contribution in [3.8, 4) is 0 Å². The van der Waals surface area contributed by atoms with Crippen molar-refractivity contribution in [2.75, 3.05) is 26.7 Å². The van der Waals surface area contributed by atoms with Crippen LogP contribution in [0.4, 0.5) is 0 Å². The van der Waals surface area contributed by atoms with E-state index in [1.54, 1.807) is 6.92 Å². The number of carbonyl (C=O) groups excluding carboxylic acids is 1. The third kappa shape index (κ3) is 8.54. The average Bonchev–Trinajstić information content (AvgIpc) is 2.44. The largest absolute Gasteiger partial charge is 0.468 e. The number of methoxy groups -OCH3 is 1. The van der Waals surface area contributed by atoms with Crippen LogP contribution < -0.4 is 5.73 Å². The van der Waals surface area contributed by atoms with Crippen molar-refractivity contribution in [1.82, 2.24) is 4.90 Å². The second-order valence-corrected chi connectivity index (χ2v) is 5.91. The molecule has 0 radical (unpaired) electrons. The van der Waals surface area contributed by atoms with Gasteiger partial charge in [0.2, 0.25) is 0 Å². The Kier molecular flexibility index (Phi) is 10.8. The zero-order valence-electron chi connectivity index (χ0n) is 13.9. The maximum Gasteiger partial charge on any atom is 0.325 e. The molecule has 4 nitrogen and oxygen atoms in total. The first-order valence-corrected chi connectivity index (χ1v) is 8.07. The summed E-state index contributed by atoms with van der Waals surface area (Å²) in [4.78, 5) is 14.0. The molecule has 2 N–H and O–H groups in total. The molecule has 120 valence electrons. The number of unbranched alkanes of at least 4 members (excludes halogenated alkanes) is 3. The number of esters is 1. The standard InChI is InChI=1S/C16H34N2O2/c1-5-7-12-18(13-8-6-2)14-10-9-11-16(3,17)15(19)20-4/h5-14,17H2,1-4H3. The molecule has 1 atom stereocenters. The lowest BCUT2D eigenvalue weighted by atomic mass is 9.96. The lowest BCUT2D eigenvalue weighted by Crippen LogP contribution is -2.45. The Balaban J connectivity index is 3.94. The van der Waals surface area contributed by atoms with Gasteiger partial charge in [-0.1, -0.05) is 26.7 Å². The highest BCUT2D eigenvalue weighted by atomic mass is 16.5. The molecule has 0 aromatic rings. The van der Waals surface area contributed by atoms with Crippen molar-refractivity contribution in [3.63, 3.8) is 0 Å². The Bertz CT molecular complexity index is 247. The quantitative estimate of drug-likeness (QED) is 0.443. The lowest BCUT2D eigenvalue weighted by molar-refractivity contribution is -0.146. The zero-order valence-corrected chi connectivity index (χ0v) is 13.9. The fourth-order valence-corrected chi connectivity index (χ4v) is 2.26. The number of hydrogen-bond acceptors (Lipinski definition) is 4. The van der Waals surface area contributed by atoms with Gasteiger partial charge in [-0.3, -0.25) is 4.79 Å². The molecule has 0 saturated carbocycles. The summed E-state index contributed by atoms with van der Waals surface area (Å²) in [6.07, 6.45) is 7.77. The van der Waals surface area contributed by atoms with Gasteiger partial charge in [-0.2, -0.15) is 0 Å². The van der Waals surface area contributed by atoms with E-state index in [1.165, 1.54) is 45.9 Å². The van der Waals surface area contributed by atoms with E-state index in [0.717, 1.165) is 19.4 Å². The number of hydrogen-bond donors (Lipinski definition) is 1. The van der Waals surface area contributed by atoms with Gasteiger partial charge in [0, 0.05) is 0 Å². The van der Waals surface area contributed by atoms with E-state index in [0.29, 0.717) is 6.42 Å². The molecule has 0 heterocycles. The first-order chi connectivity index (χ1) is 9.47. The molecular weight excluding hydrogens is 252 g/mol. The number of ether oxygens (including phenoxy) is 1. The minimum Gasteiger partial charge on any atom is -0.468 e. The van der Waals surface area contributed by atoms with Crippen LogP contribution in [0.5, 0.6) is 0 Å². The van der Waals surface area contributed by atoms with Gasteiger partial charge >= 0.3 is 5.97 Å². The van der Waals surface area contributed by atoms with Crippen molar-refractivity contribution in [3.05, 3.63) is 0 Å². The Morgan fingerprint density at radius 3 is 2.00 bits per heavy atom. The van der Waals surface area contributed by atoms with E-state index < -0.39 is 5.54 Å². The summed E-state index contributed by atoms with van der Waals surface area (Å²) in [6, 6.07) is 0. The minimum absolute atomic E-state index is 0.314. The van der Waals surface area contributed by atoms with E-state index in [1.807, 2.05) is 0 Å². The van der Waals surface area contributed by atoms with Gasteiger partial charge in [-0.15, -0.1) is 0 Å². The van der Waals surface area contributed by atoms with Crippen LogP contribution in [0.2, 0.25) is 0 Å². The van der Waals surface area contributed by atoms with Gasteiger partial charge in [-0.25, -0.2) is 0 Å². The van der Waals surface area contributed by atoms with E-state index in [9.17, 15) is 4.79 Å². The zero-order chi connectivity index (χ0) is 15.4. The van der Waals surface area contributed by atoms with Crippen molar-refractivity contribution in [1.29, 1.82) is 0 Å². The van der Waals surface area contributed by atoms with Crippen LogP contribution in [-0.4, -0.2) is 43.2 Å². The lowest BCUT2D eigenvalue weighted by Gasteiger charge is -2.24.